The first kappa shape index (κ1) is 13.8. The van der Waals surface area contributed by atoms with E-state index >= 15 is 0 Å². The Morgan fingerprint density at radius 1 is 1.39 bits per heavy atom. The fraction of sp³-hybridized carbons (Fsp3) is 0.923. The number of hydrogen-bond acceptors (Lipinski definition) is 4. The van der Waals surface area contributed by atoms with Crippen LogP contribution in [0.2, 0.25) is 0 Å². The molecule has 2 heterocycles. The lowest BCUT2D eigenvalue weighted by Crippen LogP contribution is -2.38. The van der Waals surface area contributed by atoms with Crippen LogP contribution < -0.4 is 0 Å². The minimum atomic E-state index is -0.765. The van der Waals surface area contributed by atoms with Crippen molar-refractivity contribution < 1.29 is 19.4 Å². The van der Waals surface area contributed by atoms with Gasteiger partial charge < -0.3 is 19.5 Å². The topological polar surface area (TPSA) is 59.0 Å². The quantitative estimate of drug-likeness (QED) is 0.805. The molecule has 0 radical (unpaired) electrons. The zero-order valence-corrected chi connectivity index (χ0v) is 11.0. The minimum absolute atomic E-state index is 0.0321. The SMILES string of the molecule is CCN1CCC(C2OCC(CCC(=O)O)O2)CC1. The maximum Gasteiger partial charge on any atom is 0.303 e. The molecule has 2 rings (SSSR count). The van der Waals surface area contributed by atoms with Crippen molar-refractivity contribution in [2.45, 2.75) is 45.0 Å². The van der Waals surface area contributed by atoms with E-state index in [0.717, 1.165) is 32.5 Å². The number of likely N-dealkylation sites (tertiary alicyclic amines) is 1. The molecule has 2 aliphatic heterocycles. The molecule has 5 nitrogen and oxygen atoms in total. The molecule has 0 aliphatic carbocycles. The predicted octanol–water partition coefficient (Wildman–Crippen LogP) is 1.32. The molecule has 0 amide bonds. The molecule has 0 aromatic carbocycles. The number of carboxylic acid groups (broad SMARTS) is 1. The number of carbonyl (C=O) groups is 1. The van der Waals surface area contributed by atoms with Crippen LogP contribution in [0.15, 0.2) is 0 Å². The smallest absolute Gasteiger partial charge is 0.303 e. The Bertz CT molecular complexity index is 276. The van der Waals surface area contributed by atoms with Gasteiger partial charge in [0, 0.05) is 12.3 Å². The molecule has 0 spiro atoms. The molecule has 0 aromatic rings. The Labute approximate surface area is 108 Å². The number of aliphatic carboxylic acids is 1. The summed E-state index contributed by atoms with van der Waals surface area (Å²) in [6.45, 7) is 6.07. The van der Waals surface area contributed by atoms with Crippen molar-refractivity contribution in [2.75, 3.05) is 26.2 Å². The van der Waals surface area contributed by atoms with E-state index in [0.29, 0.717) is 18.9 Å². The summed E-state index contributed by atoms with van der Waals surface area (Å²) in [5.74, 6) is -0.291. The van der Waals surface area contributed by atoms with Crippen molar-refractivity contribution in [3.05, 3.63) is 0 Å². The molecule has 2 atom stereocenters. The summed E-state index contributed by atoms with van der Waals surface area (Å²) in [6, 6.07) is 0. The van der Waals surface area contributed by atoms with Gasteiger partial charge in [-0.25, -0.2) is 0 Å². The number of carboxylic acids is 1. The van der Waals surface area contributed by atoms with E-state index in [1.165, 1.54) is 0 Å². The van der Waals surface area contributed by atoms with Gasteiger partial charge in [0.2, 0.25) is 0 Å². The summed E-state index contributed by atoms with van der Waals surface area (Å²) in [5, 5.41) is 8.64. The van der Waals surface area contributed by atoms with Gasteiger partial charge in [-0.15, -0.1) is 0 Å². The molecular weight excluding hydrogens is 234 g/mol. The van der Waals surface area contributed by atoms with E-state index in [1.54, 1.807) is 0 Å². The van der Waals surface area contributed by atoms with E-state index in [9.17, 15) is 4.79 Å². The fourth-order valence-electron chi connectivity index (χ4n) is 2.69. The first-order valence-electron chi connectivity index (χ1n) is 6.90. The van der Waals surface area contributed by atoms with Crippen LogP contribution in [-0.4, -0.2) is 54.6 Å². The maximum atomic E-state index is 10.5. The first-order chi connectivity index (χ1) is 8.69. The van der Waals surface area contributed by atoms with E-state index in [4.69, 9.17) is 14.6 Å². The molecule has 1 N–H and O–H groups in total. The molecule has 5 heteroatoms. The van der Waals surface area contributed by atoms with Gasteiger partial charge in [0.25, 0.3) is 0 Å². The molecule has 0 saturated carbocycles. The van der Waals surface area contributed by atoms with Crippen molar-refractivity contribution in [3.8, 4) is 0 Å². The lowest BCUT2D eigenvalue weighted by atomic mass is 9.96. The number of hydrogen-bond donors (Lipinski definition) is 1. The predicted molar refractivity (Wildman–Crippen MR) is 66.3 cm³/mol. The summed E-state index contributed by atoms with van der Waals surface area (Å²) >= 11 is 0. The highest BCUT2D eigenvalue weighted by atomic mass is 16.7. The van der Waals surface area contributed by atoms with Gasteiger partial charge in [-0.05, 0) is 38.9 Å². The van der Waals surface area contributed by atoms with E-state index in [2.05, 4.69) is 11.8 Å². The monoisotopic (exact) mass is 257 g/mol. The first-order valence-corrected chi connectivity index (χ1v) is 6.90. The minimum Gasteiger partial charge on any atom is -0.481 e. The number of nitrogens with zero attached hydrogens (tertiary/aromatic N) is 1. The number of ether oxygens (including phenoxy) is 2. The highest BCUT2D eigenvalue weighted by Gasteiger charge is 2.34. The zero-order chi connectivity index (χ0) is 13.0. The van der Waals surface area contributed by atoms with Crippen molar-refractivity contribution in [1.82, 2.24) is 4.90 Å². The average molecular weight is 257 g/mol. The normalized spacial score (nSPS) is 30.7. The Morgan fingerprint density at radius 3 is 2.72 bits per heavy atom. The largest absolute Gasteiger partial charge is 0.481 e. The third-order valence-corrected chi connectivity index (χ3v) is 3.92. The van der Waals surface area contributed by atoms with Crippen LogP contribution in [-0.2, 0) is 14.3 Å². The number of rotatable bonds is 5. The summed E-state index contributed by atoms with van der Waals surface area (Å²) in [7, 11) is 0. The molecule has 0 aromatic heterocycles. The van der Waals surface area contributed by atoms with E-state index in [-0.39, 0.29) is 18.8 Å². The van der Waals surface area contributed by atoms with Crippen LogP contribution in [0.3, 0.4) is 0 Å². The summed E-state index contributed by atoms with van der Waals surface area (Å²) in [4.78, 5) is 12.9. The lowest BCUT2D eigenvalue weighted by molar-refractivity contribution is -0.138. The highest BCUT2D eigenvalue weighted by molar-refractivity contribution is 5.66. The van der Waals surface area contributed by atoms with Crippen molar-refractivity contribution in [3.63, 3.8) is 0 Å². The Hall–Kier alpha value is -0.650. The van der Waals surface area contributed by atoms with Crippen LogP contribution in [0.4, 0.5) is 0 Å². The van der Waals surface area contributed by atoms with Crippen LogP contribution in [0.25, 0.3) is 0 Å². The number of piperidine rings is 1. The average Bonchev–Trinajstić information content (AvgIpc) is 2.85. The molecular formula is C13H23NO4. The molecule has 0 bridgehead atoms. The van der Waals surface area contributed by atoms with E-state index < -0.39 is 5.97 Å². The van der Waals surface area contributed by atoms with Crippen LogP contribution >= 0.6 is 0 Å². The van der Waals surface area contributed by atoms with Gasteiger partial charge in [-0.2, -0.15) is 0 Å². The summed E-state index contributed by atoms with van der Waals surface area (Å²) in [6.07, 6.45) is 2.81. The van der Waals surface area contributed by atoms with Gasteiger partial charge in [0.15, 0.2) is 6.29 Å². The van der Waals surface area contributed by atoms with Crippen molar-refractivity contribution in [1.29, 1.82) is 0 Å². The maximum absolute atomic E-state index is 10.5. The van der Waals surface area contributed by atoms with Crippen LogP contribution in [0, 0.1) is 5.92 Å². The third kappa shape index (κ3) is 3.67. The van der Waals surface area contributed by atoms with Gasteiger partial charge in [0.05, 0.1) is 12.7 Å². The second-order valence-electron chi connectivity index (χ2n) is 5.16. The Kier molecular flexibility index (Phi) is 4.97. The standard InChI is InChI=1S/C13H23NO4/c1-2-14-7-5-10(6-8-14)13-17-9-11(18-13)3-4-12(15)16/h10-11,13H,2-9H2,1H3,(H,15,16). The highest BCUT2D eigenvalue weighted by Crippen LogP contribution is 2.28. The van der Waals surface area contributed by atoms with Gasteiger partial charge in [-0.1, -0.05) is 6.92 Å². The van der Waals surface area contributed by atoms with Crippen molar-refractivity contribution in [2.24, 2.45) is 5.92 Å². The molecule has 2 aliphatic rings. The molecule has 104 valence electrons. The van der Waals surface area contributed by atoms with Crippen LogP contribution in [0.1, 0.15) is 32.6 Å². The lowest BCUT2D eigenvalue weighted by Gasteiger charge is -2.33. The van der Waals surface area contributed by atoms with E-state index in [1.807, 2.05) is 0 Å². The van der Waals surface area contributed by atoms with Gasteiger partial charge in [0.1, 0.15) is 0 Å². The summed E-state index contributed by atoms with van der Waals surface area (Å²) in [5.41, 5.74) is 0. The Morgan fingerprint density at radius 2 is 2.11 bits per heavy atom. The zero-order valence-electron chi connectivity index (χ0n) is 11.0. The fourth-order valence-corrected chi connectivity index (χ4v) is 2.69. The van der Waals surface area contributed by atoms with Crippen LogP contribution in [0.5, 0.6) is 0 Å². The molecule has 18 heavy (non-hydrogen) atoms. The molecule has 2 fully saturated rings. The second kappa shape index (κ2) is 6.50. The van der Waals surface area contributed by atoms with Crippen molar-refractivity contribution >= 4 is 5.97 Å². The second-order valence-corrected chi connectivity index (χ2v) is 5.16. The molecule has 2 saturated heterocycles. The third-order valence-electron chi connectivity index (χ3n) is 3.92. The van der Waals surface area contributed by atoms with Gasteiger partial charge >= 0.3 is 5.97 Å². The van der Waals surface area contributed by atoms with Gasteiger partial charge in [-0.3, -0.25) is 4.79 Å². The summed E-state index contributed by atoms with van der Waals surface area (Å²) < 4.78 is 11.5. The Balaban J connectivity index is 1.70. The molecule has 2 unspecified atom stereocenters.